The topological polar surface area (TPSA) is 84.5 Å². The zero-order valence-corrected chi connectivity index (χ0v) is 13.0. The highest BCUT2D eigenvalue weighted by Crippen LogP contribution is 2.16. The van der Waals surface area contributed by atoms with Crippen molar-refractivity contribution in [1.82, 2.24) is 5.32 Å². The summed E-state index contributed by atoms with van der Waals surface area (Å²) in [5.41, 5.74) is 0.616. The zero-order chi connectivity index (χ0) is 15.8. The second-order valence-corrected chi connectivity index (χ2v) is 5.25. The number of hydrogen-bond donors (Lipinski definition) is 2. The van der Waals surface area contributed by atoms with Crippen molar-refractivity contribution in [1.29, 1.82) is 0 Å². The molecule has 0 saturated heterocycles. The molecule has 1 rings (SSSR count). The molecule has 0 fully saturated rings. The fourth-order valence-corrected chi connectivity index (χ4v) is 2.13. The largest absolute Gasteiger partial charge is 0.425 e. The van der Waals surface area contributed by atoms with Gasteiger partial charge in [-0.2, -0.15) is 11.8 Å². The van der Waals surface area contributed by atoms with Crippen LogP contribution in [0.4, 0.5) is 5.69 Å². The lowest BCUT2D eigenvalue weighted by Crippen LogP contribution is -2.43. The van der Waals surface area contributed by atoms with Crippen molar-refractivity contribution in [2.24, 2.45) is 0 Å². The summed E-state index contributed by atoms with van der Waals surface area (Å²) in [5.74, 6) is -0.197. The van der Waals surface area contributed by atoms with E-state index in [1.165, 1.54) is 25.6 Å². The lowest BCUT2D eigenvalue weighted by molar-refractivity contribution is -0.138. The van der Waals surface area contributed by atoms with Crippen LogP contribution in [0.15, 0.2) is 24.3 Å². The van der Waals surface area contributed by atoms with Crippen LogP contribution in [-0.4, -0.2) is 35.8 Å². The van der Waals surface area contributed by atoms with Crippen molar-refractivity contribution in [2.45, 2.75) is 19.9 Å². The molecule has 114 valence electrons. The number of benzene rings is 1. The van der Waals surface area contributed by atoms with Gasteiger partial charge < -0.3 is 15.4 Å². The van der Waals surface area contributed by atoms with Gasteiger partial charge in [-0.05, 0) is 30.5 Å². The number of rotatable bonds is 6. The number of nitrogens with one attached hydrogen (secondary N) is 2. The van der Waals surface area contributed by atoms with Crippen LogP contribution in [0.1, 0.15) is 13.8 Å². The standard InChI is InChI=1S/C14H18N2O4S/c1-9(17)15-11-4-6-12(7-5-11)20-14(19)13(8-21-3)16-10(2)18/h4-7,13H,8H2,1-3H3,(H,15,17)(H,16,18). The number of thioether (sulfide) groups is 1. The lowest BCUT2D eigenvalue weighted by Gasteiger charge is -2.15. The molecular weight excluding hydrogens is 292 g/mol. The molecule has 2 amide bonds. The summed E-state index contributed by atoms with van der Waals surface area (Å²) in [4.78, 5) is 33.9. The van der Waals surface area contributed by atoms with E-state index < -0.39 is 12.0 Å². The highest BCUT2D eigenvalue weighted by atomic mass is 32.2. The minimum Gasteiger partial charge on any atom is -0.425 e. The van der Waals surface area contributed by atoms with Gasteiger partial charge in [-0.3, -0.25) is 9.59 Å². The second-order valence-electron chi connectivity index (χ2n) is 4.34. The molecule has 1 unspecified atom stereocenters. The van der Waals surface area contributed by atoms with Crippen LogP contribution in [0.2, 0.25) is 0 Å². The molecule has 0 aliphatic rings. The van der Waals surface area contributed by atoms with Gasteiger partial charge >= 0.3 is 5.97 Å². The summed E-state index contributed by atoms with van der Waals surface area (Å²) >= 11 is 1.44. The molecule has 0 aliphatic carbocycles. The molecule has 0 aliphatic heterocycles. The molecule has 1 aromatic carbocycles. The van der Waals surface area contributed by atoms with Gasteiger partial charge in [-0.1, -0.05) is 0 Å². The van der Waals surface area contributed by atoms with Crippen LogP contribution in [0.25, 0.3) is 0 Å². The molecule has 21 heavy (non-hydrogen) atoms. The van der Waals surface area contributed by atoms with Gasteiger partial charge in [0.05, 0.1) is 0 Å². The Morgan fingerprint density at radius 1 is 1.14 bits per heavy atom. The van der Waals surface area contributed by atoms with Gasteiger partial charge in [0, 0.05) is 25.3 Å². The fourth-order valence-electron chi connectivity index (χ4n) is 1.58. The summed E-state index contributed by atoms with van der Waals surface area (Å²) in [6.07, 6.45) is 1.84. The number of anilines is 1. The molecule has 0 heterocycles. The Hall–Kier alpha value is -2.02. The van der Waals surface area contributed by atoms with Crippen LogP contribution in [0, 0.1) is 0 Å². The van der Waals surface area contributed by atoms with Crippen molar-refractivity contribution in [3.05, 3.63) is 24.3 Å². The molecule has 6 nitrogen and oxygen atoms in total. The van der Waals surface area contributed by atoms with E-state index >= 15 is 0 Å². The van der Waals surface area contributed by atoms with E-state index in [-0.39, 0.29) is 11.8 Å². The zero-order valence-electron chi connectivity index (χ0n) is 12.1. The summed E-state index contributed by atoms with van der Waals surface area (Å²) in [7, 11) is 0. The predicted octanol–water partition coefficient (Wildman–Crippen LogP) is 1.42. The minimum absolute atomic E-state index is 0.176. The van der Waals surface area contributed by atoms with Crippen LogP contribution >= 0.6 is 11.8 Å². The van der Waals surface area contributed by atoms with E-state index in [0.717, 1.165) is 0 Å². The van der Waals surface area contributed by atoms with Crippen molar-refractivity contribution in [3.8, 4) is 5.75 Å². The van der Waals surface area contributed by atoms with Gasteiger partial charge in [-0.25, -0.2) is 4.79 Å². The first-order valence-corrected chi connectivity index (χ1v) is 7.67. The number of carbonyl (C=O) groups is 3. The number of ether oxygens (including phenoxy) is 1. The Morgan fingerprint density at radius 3 is 2.24 bits per heavy atom. The summed E-state index contributed by atoms with van der Waals surface area (Å²) in [6.45, 7) is 2.76. The Morgan fingerprint density at radius 2 is 1.76 bits per heavy atom. The highest BCUT2D eigenvalue weighted by Gasteiger charge is 2.21. The number of esters is 1. The highest BCUT2D eigenvalue weighted by molar-refractivity contribution is 7.98. The minimum atomic E-state index is -0.687. The van der Waals surface area contributed by atoms with Gasteiger partial charge in [0.1, 0.15) is 11.8 Å². The third kappa shape index (κ3) is 6.31. The summed E-state index contributed by atoms with van der Waals surface area (Å²) in [6, 6.07) is 5.73. The maximum absolute atomic E-state index is 12.0. The van der Waals surface area contributed by atoms with Gasteiger partial charge in [0.15, 0.2) is 0 Å². The Labute approximate surface area is 127 Å². The summed E-state index contributed by atoms with van der Waals surface area (Å²) in [5, 5.41) is 5.16. The van der Waals surface area contributed by atoms with E-state index in [2.05, 4.69) is 10.6 Å². The van der Waals surface area contributed by atoms with E-state index in [1.807, 2.05) is 6.26 Å². The Bertz CT molecular complexity index is 516. The van der Waals surface area contributed by atoms with Crippen LogP contribution in [0.5, 0.6) is 5.75 Å². The number of hydrogen-bond acceptors (Lipinski definition) is 5. The van der Waals surface area contributed by atoms with Crippen molar-refractivity contribution >= 4 is 35.2 Å². The molecular formula is C14H18N2O4S. The molecule has 7 heteroatoms. The maximum atomic E-state index is 12.0. The molecule has 0 radical (unpaired) electrons. The first-order valence-electron chi connectivity index (χ1n) is 6.27. The summed E-state index contributed by atoms with van der Waals surface area (Å²) < 4.78 is 5.21. The third-order valence-corrected chi connectivity index (χ3v) is 3.06. The number of carbonyl (C=O) groups excluding carboxylic acids is 3. The second kappa shape index (κ2) is 8.31. The number of amides is 2. The monoisotopic (exact) mass is 310 g/mol. The SMILES string of the molecule is CSCC(NC(C)=O)C(=O)Oc1ccc(NC(C)=O)cc1. The van der Waals surface area contributed by atoms with Crippen LogP contribution in [-0.2, 0) is 14.4 Å². The quantitative estimate of drug-likeness (QED) is 0.613. The average Bonchev–Trinajstić information content (AvgIpc) is 2.39. The average molecular weight is 310 g/mol. The molecule has 1 atom stereocenters. The Balaban J connectivity index is 2.67. The van der Waals surface area contributed by atoms with Crippen molar-refractivity contribution in [2.75, 3.05) is 17.3 Å². The van der Waals surface area contributed by atoms with E-state index in [0.29, 0.717) is 17.2 Å². The van der Waals surface area contributed by atoms with Crippen LogP contribution in [0.3, 0.4) is 0 Å². The van der Waals surface area contributed by atoms with Crippen molar-refractivity contribution in [3.63, 3.8) is 0 Å². The first kappa shape index (κ1) is 17.0. The molecule has 1 aromatic rings. The maximum Gasteiger partial charge on any atom is 0.334 e. The van der Waals surface area contributed by atoms with E-state index in [9.17, 15) is 14.4 Å². The molecule has 0 bridgehead atoms. The van der Waals surface area contributed by atoms with Gasteiger partial charge in [0.2, 0.25) is 11.8 Å². The normalized spacial score (nSPS) is 11.4. The first-order chi connectivity index (χ1) is 9.92. The van der Waals surface area contributed by atoms with Gasteiger partial charge in [-0.15, -0.1) is 0 Å². The predicted molar refractivity (Wildman–Crippen MR) is 82.4 cm³/mol. The van der Waals surface area contributed by atoms with Gasteiger partial charge in [0.25, 0.3) is 0 Å². The molecule has 0 saturated carbocycles. The van der Waals surface area contributed by atoms with Crippen molar-refractivity contribution < 1.29 is 19.1 Å². The molecule has 0 spiro atoms. The third-order valence-electron chi connectivity index (χ3n) is 2.39. The fraction of sp³-hybridized carbons (Fsp3) is 0.357. The van der Waals surface area contributed by atoms with Crippen LogP contribution < -0.4 is 15.4 Å². The molecule has 0 aromatic heterocycles. The lowest BCUT2D eigenvalue weighted by atomic mass is 10.3. The molecule has 2 N–H and O–H groups in total. The van der Waals surface area contributed by atoms with E-state index in [4.69, 9.17) is 4.74 Å². The Kier molecular flexibility index (Phi) is 6.74. The smallest absolute Gasteiger partial charge is 0.334 e. The van der Waals surface area contributed by atoms with E-state index in [1.54, 1.807) is 24.3 Å².